The fraction of sp³-hybridized carbons (Fsp3) is 0.385. The standard InChI is InChI=1S/C13H16N4O2S/c1-20(18,19)17-8-3-5-12(17)11-4-2-6-13(15-11)16-9-7-14-10-16/h2,4,6-7,9-10,12H,3,5,8H2,1H3/t12-/m0/s1. The van der Waals surface area contributed by atoms with Crippen molar-refractivity contribution in [1.82, 2.24) is 18.8 Å². The van der Waals surface area contributed by atoms with Crippen molar-refractivity contribution in [3.8, 4) is 5.82 Å². The Kier molecular flexibility index (Phi) is 3.31. The van der Waals surface area contributed by atoms with Crippen molar-refractivity contribution in [3.05, 3.63) is 42.6 Å². The summed E-state index contributed by atoms with van der Waals surface area (Å²) >= 11 is 0. The van der Waals surface area contributed by atoms with Gasteiger partial charge < -0.3 is 0 Å². The lowest BCUT2D eigenvalue weighted by Crippen LogP contribution is -2.30. The van der Waals surface area contributed by atoms with Crippen LogP contribution < -0.4 is 0 Å². The van der Waals surface area contributed by atoms with Gasteiger partial charge in [0.2, 0.25) is 10.0 Å². The first kappa shape index (κ1) is 13.3. The second-order valence-corrected chi connectivity index (χ2v) is 6.86. The van der Waals surface area contributed by atoms with Crippen LogP contribution in [-0.2, 0) is 10.0 Å². The zero-order chi connectivity index (χ0) is 14.2. The zero-order valence-corrected chi connectivity index (χ0v) is 12.0. The van der Waals surface area contributed by atoms with Gasteiger partial charge >= 0.3 is 0 Å². The lowest BCUT2D eigenvalue weighted by Gasteiger charge is -2.21. The van der Waals surface area contributed by atoms with Crippen molar-refractivity contribution in [3.63, 3.8) is 0 Å². The summed E-state index contributed by atoms with van der Waals surface area (Å²) in [6.45, 7) is 0.570. The first-order valence-corrected chi connectivity index (χ1v) is 8.32. The molecule has 0 aliphatic carbocycles. The maximum Gasteiger partial charge on any atom is 0.211 e. The van der Waals surface area contributed by atoms with Gasteiger partial charge in [0.1, 0.15) is 12.1 Å². The molecule has 2 aromatic heterocycles. The molecule has 6 nitrogen and oxygen atoms in total. The van der Waals surface area contributed by atoms with Crippen LogP contribution in [0.15, 0.2) is 36.9 Å². The minimum absolute atomic E-state index is 0.159. The van der Waals surface area contributed by atoms with Gasteiger partial charge in [-0.25, -0.2) is 18.4 Å². The minimum atomic E-state index is -3.19. The Morgan fingerprint density at radius 3 is 2.90 bits per heavy atom. The highest BCUT2D eigenvalue weighted by molar-refractivity contribution is 7.88. The minimum Gasteiger partial charge on any atom is -0.291 e. The normalized spacial score (nSPS) is 20.4. The Hall–Kier alpha value is -1.73. The molecule has 3 rings (SSSR count). The number of hydrogen-bond donors (Lipinski definition) is 0. The van der Waals surface area contributed by atoms with E-state index in [4.69, 9.17) is 0 Å². The Morgan fingerprint density at radius 1 is 1.35 bits per heavy atom. The van der Waals surface area contributed by atoms with Crippen molar-refractivity contribution in [2.45, 2.75) is 18.9 Å². The molecule has 106 valence electrons. The van der Waals surface area contributed by atoms with Gasteiger partial charge in [0.25, 0.3) is 0 Å². The van der Waals surface area contributed by atoms with Gasteiger partial charge in [-0.1, -0.05) is 6.07 Å². The maximum absolute atomic E-state index is 11.8. The molecule has 1 saturated heterocycles. The Morgan fingerprint density at radius 2 is 2.20 bits per heavy atom. The highest BCUT2D eigenvalue weighted by atomic mass is 32.2. The van der Waals surface area contributed by atoms with E-state index in [-0.39, 0.29) is 6.04 Å². The number of aromatic nitrogens is 3. The Labute approximate surface area is 118 Å². The van der Waals surface area contributed by atoms with E-state index < -0.39 is 10.0 Å². The molecule has 1 aliphatic rings. The average molecular weight is 292 g/mol. The fourth-order valence-corrected chi connectivity index (χ4v) is 3.73. The monoisotopic (exact) mass is 292 g/mol. The van der Waals surface area contributed by atoms with Crippen LogP contribution in [0.4, 0.5) is 0 Å². The van der Waals surface area contributed by atoms with Crippen LogP contribution in [0.5, 0.6) is 0 Å². The number of hydrogen-bond acceptors (Lipinski definition) is 4. The molecule has 0 bridgehead atoms. The SMILES string of the molecule is CS(=O)(=O)N1CCC[C@H]1c1cccc(-n2ccnc2)n1. The van der Waals surface area contributed by atoms with Crippen LogP contribution in [0.3, 0.4) is 0 Å². The van der Waals surface area contributed by atoms with E-state index in [9.17, 15) is 8.42 Å². The summed E-state index contributed by atoms with van der Waals surface area (Å²) in [5.74, 6) is 0.750. The fourth-order valence-electron chi connectivity index (χ4n) is 2.60. The first-order chi connectivity index (χ1) is 9.55. The number of pyridine rings is 1. The molecule has 0 N–H and O–H groups in total. The van der Waals surface area contributed by atoms with E-state index in [1.165, 1.54) is 10.6 Å². The second kappa shape index (κ2) is 4.99. The summed E-state index contributed by atoms with van der Waals surface area (Å²) < 4.78 is 27.0. The van der Waals surface area contributed by atoms with Crippen molar-refractivity contribution in [2.75, 3.05) is 12.8 Å². The second-order valence-electron chi connectivity index (χ2n) is 4.92. The van der Waals surface area contributed by atoms with Crippen LogP contribution >= 0.6 is 0 Å². The van der Waals surface area contributed by atoms with Crippen LogP contribution in [-0.4, -0.2) is 40.1 Å². The molecule has 0 unspecified atom stereocenters. The maximum atomic E-state index is 11.8. The third-order valence-electron chi connectivity index (χ3n) is 3.50. The lowest BCUT2D eigenvalue weighted by molar-refractivity contribution is 0.394. The van der Waals surface area contributed by atoms with Crippen LogP contribution in [0.25, 0.3) is 5.82 Å². The number of imidazole rings is 1. The molecule has 1 aliphatic heterocycles. The Bertz CT molecular complexity index is 697. The third kappa shape index (κ3) is 2.46. The summed E-state index contributed by atoms with van der Waals surface area (Å²) in [5.41, 5.74) is 0.791. The molecule has 0 radical (unpaired) electrons. The predicted octanol–water partition coefficient (Wildman–Crippen LogP) is 1.36. The topological polar surface area (TPSA) is 68.1 Å². The number of sulfonamides is 1. The van der Waals surface area contributed by atoms with E-state index in [0.717, 1.165) is 24.4 Å². The molecule has 0 amide bonds. The van der Waals surface area contributed by atoms with E-state index in [2.05, 4.69) is 9.97 Å². The van der Waals surface area contributed by atoms with Crippen molar-refractivity contribution in [2.24, 2.45) is 0 Å². The van der Waals surface area contributed by atoms with E-state index >= 15 is 0 Å². The van der Waals surface area contributed by atoms with E-state index in [0.29, 0.717) is 6.54 Å². The quantitative estimate of drug-likeness (QED) is 0.856. The molecule has 7 heteroatoms. The van der Waals surface area contributed by atoms with E-state index in [1.807, 2.05) is 29.0 Å². The molecule has 2 aromatic rings. The predicted molar refractivity (Wildman–Crippen MR) is 74.9 cm³/mol. The molecule has 0 saturated carbocycles. The third-order valence-corrected chi connectivity index (χ3v) is 4.78. The van der Waals surface area contributed by atoms with Crippen molar-refractivity contribution in [1.29, 1.82) is 0 Å². The molecule has 20 heavy (non-hydrogen) atoms. The molecular formula is C13H16N4O2S. The molecular weight excluding hydrogens is 276 g/mol. The van der Waals surface area contributed by atoms with Gasteiger partial charge in [0, 0.05) is 18.9 Å². The average Bonchev–Trinajstić information content (AvgIpc) is 3.10. The first-order valence-electron chi connectivity index (χ1n) is 6.48. The largest absolute Gasteiger partial charge is 0.291 e. The van der Waals surface area contributed by atoms with Gasteiger partial charge in [0.15, 0.2) is 0 Å². The summed E-state index contributed by atoms with van der Waals surface area (Å²) in [4.78, 5) is 8.57. The number of rotatable bonds is 3. The lowest BCUT2D eigenvalue weighted by atomic mass is 10.1. The molecule has 1 fully saturated rings. The highest BCUT2D eigenvalue weighted by Crippen LogP contribution is 2.32. The zero-order valence-electron chi connectivity index (χ0n) is 11.2. The summed E-state index contributed by atoms with van der Waals surface area (Å²) in [6.07, 6.45) is 8.12. The van der Waals surface area contributed by atoms with Gasteiger partial charge in [-0.15, -0.1) is 0 Å². The summed E-state index contributed by atoms with van der Waals surface area (Å²) in [5, 5.41) is 0. The van der Waals surface area contributed by atoms with Gasteiger partial charge in [0.05, 0.1) is 18.0 Å². The van der Waals surface area contributed by atoms with Crippen LogP contribution in [0.2, 0.25) is 0 Å². The van der Waals surface area contributed by atoms with Gasteiger partial charge in [-0.05, 0) is 25.0 Å². The van der Waals surface area contributed by atoms with Crippen molar-refractivity contribution < 1.29 is 8.42 Å². The molecule has 1 atom stereocenters. The van der Waals surface area contributed by atoms with Crippen LogP contribution in [0, 0.1) is 0 Å². The highest BCUT2D eigenvalue weighted by Gasteiger charge is 2.33. The molecule has 3 heterocycles. The summed E-state index contributed by atoms with van der Waals surface area (Å²) in [7, 11) is -3.19. The van der Waals surface area contributed by atoms with Gasteiger partial charge in [-0.2, -0.15) is 4.31 Å². The smallest absolute Gasteiger partial charge is 0.211 e. The number of nitrogens with zero attached hydrogens (tertiary/aromatic N) is 4. The summed E-state index contributed by atoms with van der Waals surface area (Å²) in [6, 6.07) is 5.50. The molecule has 0 spiro atoms. The van der Waals surface area contributed by atoms with Crippen LogP contribution in [0.1, 0.15) is 24.6 Å². The van der Waals surface area contributed by atoms with Gasteiger partial charge in [-0.3, -0.25) is 4.57 Å². The van der Waals surface area contributed by atoms with Crippen molar-refractivity contribution >= 4 is 10.0 Å². The van der Waals surface area contributed by atoms with E-state index in [1.54, 1.807) is 12.5 Å². The Balaban J connectivity index is 1.97. The molecule has 0 aromatic carbocycles.